The van der Waals surface area contributed by atoms with E-state index in [4.69, 9.17) is 5.11 Å². The monoisotopic (exact) mass is 268 g/mol. The third-order valence-corrected chi connectivity index (χ3v) is 4.35. The molecule has 0 aliphatic carbocycles. The van der Waals surface area contributed by atoms with Crippen molar-refractivity contribution in [2.45, 2.75) is 58.0 Å². The van der Waals surface area contributed by atoms with E-state index in [9.17, 15) is 9.59 Å². The van der Waals surface area contributed by atoms with Crippen LogP contribution in [0.1, 0.15) is 46.0 Å². The van der Waals surface area contributed by atoms with Crippen LogP contribution in [-0.2, 0) is 4.79 Å². The third kappa shape index (κ3) is 3.01. The summed E-state index contributed by atoms with van der Waals surface area (Å²) in [6.07, 6.45) is 3.95. The van der Waals surface area contributed by atoms with Crippen LogP contribution in [0.15, 0.2) is 0 Å². The molecule has 2 unspecified atom stereocenters. The van der Waals surface area contributed by atoms with Gasteiger partial charge in [0.05, 0.1) is 6.42 Å². The highest BCUT2D eigenvalue weighted by Crippen LogP contribution is 2.28. The Balaban J connectivity index is 2.03. The van der Waals surface area contributed by atoms with Gasteiger partial charge in [-0.3, -0.25) is 4.79 Å². The lowest BCUT2D eigenvalue weighted by Crippen LogP contribution is -2.49. The lowest BCUT2D eigenvalue weighted by molar-refractivity contribution is -0.138. The van der Waals surface area contributed by atoms with E-state index in [0.29, 0.717) is 18.5 Å². The average Bonchev–Trinajstić information content (AvgIpc) is 2.94. The molecule has 2 aliphatic heterocycles. The van der Waals surface area contributed by atoms with Gasteiger partial charge in [-0.2, -0.15) is 0 Å². The number of aliphatic carboxylic acids is 1. The van der Waals surface area contributed by atoms with Gasteiger partial charge < -0.3 is 14.9 Å². The predicted octanol–water partition coefficient (Wildman–Crippen LogP) is 2.17. The van der Waals surface area contributed by atoms with Gasteiger partial charge in [-0.15, -0.1) is 0 Å². The fraction of sp³-hybridized carbons (Fsp3) is 0.857. The van der Waals surface area contributed by atoms with Crippen LogP contribution in [0.3, 0.4) is 0 Å². The molecule has 0 saturated carbocycles. The number of hydrogen-bond donors (Lipinski definition) is 1. The average molecular weight is 268 g/mol. The maximum atomic E-state index is 12.6. The number of carboxylic acids is 1. The molecule has 0 radical (unpaired) electrons. The van der Waals surface area contributed by atoms with Crippen LogP contribution in [0, 0.1) is 5.92 Å². The van der Waals surface area contributed by atoms with Crippen molar-refractivity contribution >= 4 is 12.0 Å². The van der Waals surface area contributed by atoms with Crippen LogP contribution in [-0.4, -0.2) is 52.1 Å². The first kappa shape index (κ1) is 14.2. The molecule has 2 saturated heterocycles. The second-order valence-electron chi connectivity index (χ2n) is 6.02. The summed E-state index contributed by atoms with van der Waals surface area (Å²) in [5, 5.41) is 8.93. The van der Waals surface area contributed by atoms with Gasteiger partial charge >= 0.3 is 12.0 Å². The van der Waals surface area contributed by atoms with E-state index in [1.807, 2.05) is 4.90 Å². The maximum absolute atomic E-state index is 12.6. The number of carbonyl (C=O) groups is 2. The highest BCUT2D eigenvalue weighted by Gasteiger charge is 2.38. The van der Waals surface area contributed by atoms with Crippen molar-refractivity contribution in [1.29, 1.82) is 0 Å². The summed E-state index contributed by atoms with van der Waals surface area (Å²) in [6.45, 7) is 5.82. The number of amides is 2. The molecule has 0 aromatic heterocycles. The van der Waals surface area contributed by atoms with Crippen molar-refractivity contribution in [3.8, 4) is 0 Å². The van der Waals surface area contributed by atoms with Gasteiger partial charge in [-0.25, -0.2) is 4.79 Å². The molecule has 108 valence electrons. The molecular weight excluding hydrogens is 244 g/mol. The Morgan fingerprint density at radius 3 is 2.42 bits per heavy atom. The zero-order valence-electron chi connectivity index (χ0n) is 11.8. The summed E-state index contributed by atoms with van der Waals surface area (Å²) >= 11 is 0. The minimum absolute atomic E-state index is 0.0555. The van der Waals surface area contributed by atoms with E-state index in [1.165, 1.54) is 0 Å². The van der Waals surface area contributed by atoms with E-state index >= 15 is 0 Å². The molecule has 2 heterocycles. The Labute approximate surface area is 114 Å². The number of carbonyl (C=O) groups excluding carboxylic acids is 1. The van der Waals surface area contributed by atoms with Gasteiger partial charge in [0.2, 0.25) is 0 Å². The summed E-state index contributed by atoms with van der Waals surface area (Å²) in [5.41, 5.74) is 0. The summed E-state index contributed by atoms with van der Waals surface area (Å²) < 4.78 is 0. The number of urea groups is 1. The fourth-order valence-electron chi connectivity index (χ4n) is 3.39. The van der Waals surface area contributed by atoms with Gasteiger partial charge in [0, 0.05) is 25.2 Å². The Morgan fingerprint density at radius 1 is 1.16 bits per heavy atom. The Kier molecular flexibility index (Phi) is 4.32. The van der Waals surface area contributed by atoms with Gasteiger partial charge in [-0.1, -0.05) is 13.8 Å². The molecule has 2 rings (SSSR count). The maximum Gasteiger partial charge on any atom is 0.320 e. The SMILES string of the molecule is CC(C)C1CCCN1C(=O)N1CCCC1CC(=O)O. The van der Waals surface area contributed by atoms with Gasteiger partial charge in [0.15, 0.2) is 0 Å². The molecule has 1 N–H and O–H groups in total. The van der Waals surface area contributed by atoms with Gasteiger partial charge in [0.25, 0.3) is 0 Å². The fourth-order valence-corrected chi connectivity index (χ4v) is 3.39. The van der Waals surface area contributed by atoms with Crippen molar-refractivity contribution in [2.24, 2.45) is 5.92 Å². The summed E-state index contributed by atoms with van der Waals surface area (Å²) in [5.74, 6) is -0.349. The molecule has 2 atom stereocenters. The van der Waals surface area contributed by atoms with E-state index in [1.54, 1.807) is 4.90 Å². The molecule has 2 fully saturated rings. The second kappa shape index (κ2) is 5.80. The van der Waals surface area contributed by atoms with Crippen molar-refractivity contribution < 1.29 is 14.7 Å². The zero-order valence-corrected chi connectivity index (χ0v) is 11.8. The highest BCUT2D eigenvalue weighted by atomic mass is 16.4. The van der Waals surface area contributed by atoms with Crippen LogP contribution in [0.2, 0.25) is 0 Å². The van der Waals surface area contributed by atoms with E-state index < -0.39 is 5.97 Å². The Bertz CT molecular complexity index is 357. The first-order chi connectivity index (χ1) is 9.00. The standard InChI is InChI=1S/C14H24N2O3/c1-10(2)12-6-4-8-16(12)14(19)15-7-3-5-11(15)9-13(17)18/h10-12H,3-9H2,1-2H3,(H,17,18). The largest absolute Gasteiger partial charge is 0.481 e. The molecular formula is C14H24N2O3. The molecule has 2 amide bonds. The minimum atomic E-state index is -0.813. The molecule has 5 heteroatoms. The van der Waals surface area contributed by atoms with Crippen molar-refractivity contribution in [3.63, 3.8) is 0 Å². The van der Waals surface area contributed by atoms with E-state index in [2.05, 4.69) is 13.8 Å². The van der Waals surface area contributed by atoms with Crippen LogP contribution in [0.4, 0.5) is 4.79 Å². The van der Waals surface area contributed by atoms with E-state index in [-0.39, 0.29) is 18.5 Å². The summed E-state index contributed by atoms with van der Waals surface area (Å²) in [4.78, 5) is 27.2. The predicted molar refractivity (Wildman–Crippen MR) is 71.9 cm³/mol. The molecule has 0 bridgehead atoms. The summed E-state index contributed by atoms with van der Waals surface area (Å²) in [6, 6.07) is 0.261. The first-order valence-corrected chi connectivity index (χ1v) is 7.29. The molecule has 0 spiro atoms. The normalized spacial score (nSPS) is 27.3. The lowest BCUT2D eigenvalue weighted by Gasteiger charge is -2.34. The second-order valence-corrected chi connectivity index (χ2v) is 6.02. The number of likely N-dealkylation sites (tertiary alicyclic amines) is 2. The van der Waals surface area contributed by atoms with Crippen LogP contribution < -0.4 is 0 Å². The van der Waals surface area contributed by atoms with Crippen molar-refractivity contribution in [2.75, 3.05) is 13.1 Å². The van der Waals surface area contributed by atoms with Crippen LogP contribution >= 0.6 is 0 Å². The molecule has 2 aliphatic rings. The van der Waals surface area contributed by atoms with Crippen LogP contribution in [0.5, 0.6) is 0 Å². The van der Waals surface area contributed by atoms with Gasteiger partial charge in [0.1, 0.15) is 0 Å². The molecule has 5 nitrogen and oxygen atoms in total. The number of nitrogens with zero attached hydrogens (tertiary/aromatic N) is 2. The quantitative estimate of drug-likeness (QED) is 0.853. The molecule has 0 aromatic rings. The van der Waals surface area contributed by atoms with Gasteiger partial charge in [-0.05, 0) is 31.6 Å². The first-order valence-electron chi connectivity index (χ1n) is 7.29. The lowest BCUT2D eigenvalue weighted by atomic mass is 10.0. The molecule has 19 heavy (non-hydrogen) atoms. The number of hydrogen-bond acceptors (Lipinski definition) is 2. The Hall–Kier alpha value is -1.26. The summed E-state index contributed by atoms with van der Waals surface area (Å²) in [7, 11) is 0. The molecule has 0 aromatic carbocycles. The van der Waals surface area contributed by atoms with Crippen molar-refractivity contribution in [3.05, 3.63) is 0 Å². The zero-order chi connectivity index (χ0) is 14.0. The van der Waals surface area contributed by atoms with Crippen molar-refractivity contribution in [1.82, 2.24) is 9.80 Å². The third-order valence-electron chi connectivity index (χ3n) is 4.35. The topological polar surface area (TPSA) is 60.9 Å². The highest BCUT2D eigenvalue weighted by molar-refractivity contribution is 5.77. The van der Waals surface area contributed by atoms with Crippen LogP contribution in [0.25, 0.3) is 0 Å². The number of carboxylic acid groups (broad SMARTS) is 1. The van der Waals surface area contributed by atoms with E-state index in [0.717, 1.165) is 32.2 Å². The minimum Gasteiger partial charge on any atom is -0.481 e. The smallest absolute Gasteiger partial charge is 0.320 e. The number of rotatable bonds is 3. The Morgan fingerprint density at radius 2 is 1.79 bits per heavy atom.